The molecular formula is C16H12ClFN2O3. The number of halogens is 2. The van der Waals surface area contributed by atoms with Gasteiger partial charge in [0, 0.05) is 18.7 Å². The van der Waals surface area contributed by atoms with Crippen molar-refractivity contribution in [2.24, 2.45) is 0 Å². The van der Waals surface area contributed by atoms with Crippen LogP contribution in [0.4, 0.5) is 15.8 Å². The average molecular weight is 335 g/mol. The van der Waals surface area contributed by atoms with Crippen molar-refractivity contribution in [1.82, 2.24) is 0 Å². The van der Waals surface area contributed by atoms with E-state index in [0.29, 0.717) is 25.1 Å². The zero-order valence-corrected chi connectivity index (χ0v) is 12.7. The van der Waals surface area contributed by atoms with Gasteiger partial charge in [-0.2, -0.15) is 0 Å². The lowest BCUT2D eigenvalue weighted by Crippen LogP contribution is -2.36. The van der Waals surface area contributed by atoms with E-state index in [9.17, 15) is 19.3 Å². The van der Waals surface area contributed by atoms with E-state index in [2.05, 4.69) is 0 Å². The van der Waals surface area contributed by atoms with Crippen molar-refractivity contribution in [2.75, 3.05) is 11.4 Å². The van der Waals surface area contributed by atoms with Gasteiger partial charge in [0.2, 0.25) is 0 Å². The van der Waals surface area contributed by atoms with Crippen LogP contribution in [-0.2, 0) is 6.42 Å². The molecule has 0 bridgehead atoms. The fourth-order valence-corrected chi connectivity index (χ4v) is 2.97. The van der Waals surface area contributed by atoms with Crippen LogP contribution in [0, 0.1) is 15.9 Å². The van der Waals surface area contributed by atoms with Gasteiger partial charge in [-0.25, -0.2) is 4.39 Å². The van der Waals surface area contributed by atoms with Crippen LogP contribution in [0.1, 0.15) is 22.3 Å². The molecule has 1 aliphatic rings. The molecule has 2 aromatic carbocycles. The Balaban J connectivity index is 2.07. The summed E-state index contributed by atoms with van der Waals surface area (Å²) >= 11 is 5.96. The molecule has 0 aliphatic carbocycles. The fourth-order valence-electron chi connectivity index (χ4n) is 2.72. The molecule has 1 heterocycles. The average Bonchev–Trinajstić information content (AvgIpc) is 2.53. The minimum absolute atomic E-state index is 0.0209. The molecule has 1 amide bonds. The first-order valence-corrected chi connectivity index (χ1v) is 7.40. The summed E-state index contributed by atoms with van der Waals surface area (Å²) in [7, 11) is 0. The molecule has 0 spiro atoms. The number of anilines is 1. The molecule has 0 radical (unpaired) electrons. The van der Waals surface area contributed by atoms with Crippen LogP contribution < -0.4 is 4.90 Å². The topological polar surface area (TPSA) is 63.5 Å². The van der Waals surface area contributed by atoms with E-state index in [1.165, 1.54) is 29.2 Å². The lowest BCUT2D eigenvalue weighted by atomic mass is 10.00. The standard InChI is InChI=1S/C16H12ClFN2O3/c17-12-4-1-5-13(18)15(12)16(21)19-8-2-3-10-6-7-11(20(22)23)9-14(10)19/h1,4-7,9H,2-3,8H2. The number of amides is 1. The van der Waals surface area contributed by atoms with E-state index in [-0.39, 0.29) is 16.3 Å². The van der Waals surface area contributed by atoms with Gasteiger partial charge in [-0.05, 0) is 30.5 Å². The molecule has 0 atom stereocenters. The lowest BCUT2D eigenvalue weighted by molar-refractivity contribution is -0.384. The molecule has 0 unspecified atom stereocenters. The number of carbonyl (C=O) groups is 1. The normalized spacial score (nSPS) is 13.6. The molecule has 5 nitrogen and oxygen atoms in total. The molecule has 1 aliphatic heterocycles. The van der Waals surface area contributed by atoms with Gasteiger partial charge < -0.3 is 4.90 Å². The summed E-state index contributed by atoms with van der Waals surface area (Å²) in [5.74, 6) is -1.30. The van der Waals surface area contributed by atoms with E-state index < -0.39 is 16.6 Å². The zero-order chi connectivity index (χ0) is 16.6. The second-order valence-electron chi connectivity index (χ2n) is 5.23. The second kappa shape index (κ2) is 5.96. The molecule has 0 N–H and O–H groups in total. The number of non-ortho nitro benzene ring substituents is 1. The Morgan fingerprint density at radius 3 is 2.78 bits per heavy atom. The van der Waals surface area contributed by atoms with E-state index in [4.69, 9.17) is 11.6 Å². The molecule has 2 aromatic rings. The molecule has 23 heavy (non-hydrogen) atoms. The number of hydrogen-bond acceptors (Lipinski definition) is 3. The van der Waals surface area contributed by atoms with Gasteiger partial charge in [0.15, 0.2) is 0 Å². The Hall–Kier alpha value is -2.47. The first kappa shape index (κ1) is 15.4. The van der Waals surface area contributed by atoms with Crippen molar-refractivity contribution < 1.29 is 14.1 Å². The number of carbonyl (C=O) groups excluding carboxylic acids is 1. The first-order chi connectivity index (χ1) is 11.0. The number of fused-ring (bicyclic) bond motifs is 1. The highest BCUT2D eigenvalue weighted by Crippen LogP contribution is 2.33. The Morgan fingerprint density at radius 2 is 2.09 bits per heavy atom. The minimum atomic E-state index is -0.708. The highest BCUT2D eigenvalue weighted by atomic mass is 35.5. The summed E-state index contributed by atoms with van der Waals surface area (Å²) < 4.78 is 14.0. The smallest absolute Gasteiger partial charge is 0.271 e. The summed E-state index contributed by atoms with van der Waals surface area (Å²) in [6.07, 6.45) is 1.41. The van der Waals surface area contributed by atoms with Crippen LogP contribution >= 0.6 is 11.6 Å². The SMILES string of the molecule is O=C(c1c(F)cccc1Cl)N1CCCc2ccc([N+](=O)[O-])cc21. The Kier molecular flexibility index (Phi) is 4.00. The second-order valence-corrected chi connectivity index (χ2v) is 5.63. The number of nitrogens with zero attached hydrogens (tertiary/aromatic N) is 2. The minimum Gasteiger partial charge on any atom is -0.308 e. The number of benzene rings is 2. The summed E-state index contributed by atoms with van der Waals surface area (Å²) in [6, 6.07) is 8.41. The monoisotopic (exact) mass is 334 g/mol. The molecule has 3 rings (SSSR count). The number of aryl methyl sites for hydroxylation is 1. The van der Waals surface area contributed by atoms with Gasteiger partial charge in [-0.15, -0.1) is 0 Å². The fraction of sp³-hybridized carbons (Fsp3) is 0.188. The first-order valence-electron chi connectivity index (χ1n) is 7.02. The van der Waals surface area contributed by atoms with Crippen LogP contribution in [0.15, 0.2) is 36.4 Å². The van der Waals surface area contributed by atoms with Gasteiger partial charge in [-0.3, -0.25) is 14.9 Å². The maximum Gasteiger partial charge on any atom is 0.271 e. The Morgan fingerprint density at radius 1 is 1.30 bits per heavy atom. The van der Waals surface area contributed by atoms with Crippen molar-refractivity contribution in [3.05, 3.63) is 68.5 Å². The number of nitro groups is 1. The van der Waals surface area contributed by atoms with Gasteiger partial charge >= 0.3 is 0 Å². The van der Waals surface area contributed by atoms with Gasteiger partial charge in [0.1, 0.15) is 5.82 Å². The lowest BCUT2D eigenvalue weighted by Gasteiger charge is -2.29. The van der Waals surface area contributed by atoms with Crippen molar-refractivity contribution in [1.29, 1.82) is 0 Å². The van der Waals surface area contributed by atoms with Gasteiger partial charge in [-0.1, -0.05) is 23.7 Å². The van der Waals surface area contributed by atoms with E-state index in [1.54, 1.807) is 6.07 Å². The molecule has 0 saturated carbocycles. The van der Waals surface area contributed by atoms with Crippen LogP contribution in [0.3, 0.4) is 0 Å². The van der Waals surface area contributed by atoms with Crippen molar-refractivity contribution in [2.45, 2.75) is 12.8 Å². The molecule has 7 heteroatoms. The summed E-state index contributed by atoms with van der Waals surface area (Å²) in [4.78, 5) is 24.5. The Labute approximate surface area is 136 Å². The van der Waals surface area contributed by atoms with Crippen LogP contribution in [-0.4, -0.2) is 17.4 Å². The van der Waals surface area contributed by atoms with E-state index in [1.807, 2.05) is 0 Å². The number of hydrogen-bond donors (Lipinski definition) is 0. The van der Waals surface area contributed by atoms with E-state index >= 15 is 0 Å². The molecule has 0 fully saturated rings. The summed E-state index contributed by atoms with van der Waals surface area (Å²) in [6.45, 7) is 0.359. The summed E-state index contributed by atoms with van der Waals surface area (Å²) in [5.41, 5.74) is 0.939. The third-order valence-electron chi connectivity index (χ3n) is 3.82. The Bertz CT molecular complexity index is 790. The maximum atomic E-state index is 14.0. The van der Waals surface area contributed by atoms with Crippen LogP contribution in [0.5, 0.6) is 0 Å². The van der Waals surface area contributed by atoms with E-state index in [0.717, 1.165) is 11.6 Å². The third-order valence-corrected chi connectivity index (χ3v) is 4.14. The predicted molar refractivity (Wildman–Crippen MR) is 84.5 cm³/mol. The molecular weight excluding hydrogens is 323 g/mol. The van der Waals surface area contributed by atoms with Crippen LogP contribution in [0.25, 0.3) is 0 Å². The largest absolute Gasteiger partial charge is 0.308 e. The number of rotatable bonds is 2. The zero-order valence-electron chi connectivity index (χ0n) is 12.0. The number of nitro benzene ring substituents is 1. The van der Waals surface area contributed by atoms with Crippen molar-refractivity contribution in [3.63, 3.8) is 0 Å². The summed E-state index contributed by atoms with van der Waals surface area (Å²) in [5, 5.41) is 11.0. The third kappa shape index (κ3) is 2.77. The molecule has 0 aromatic heterocycles. The van der Waals surface area contributed by atoms with Crippen LogP contribution in [0.2, 0.25) is 5.02 Å². The van der Waals surface area contributed by atoms with Crippen molar-refractivity contribution >= 4 is 28.9 Å². The highest BCUT2D eigenvalue weighted by molar-refractivity contribution is 6.34. The van der Waals surface area contributed by atoms with Gasteiger partial charge in [0.25, 0.3) is 11.6 Å². The quantitative estimate of drug-likeness (QED) is 0.616. The van der Waals surface area contributed by atoms with Crippen molar-refractivity contribution in [3.8, 4) is 0 Å². The maximum absolute atomic E-state index is 14.0. The molecule has 118 valence electrons. The molecule has 0 saturated heterocycles. The van der Waals surface area contributed by atoms with Gasteiger partial charge in [0.05, 0.1) is 21.2 Å². The predicted octanol–water partition coefficient (Wildman–Crippen LogP) is 3.98. The highest BCUT2D eigenvalue weighted by Gasteiger charge is 2.28.